The van der Waals surface area contributed by atoms with Crippen LogP contribution in [0.3, 0.4) is 0 Å². The molecular weight excluding hydrogens is 220 g/mol. The van der Waals surface area contributed by atoms with Crippen molar-refractivity contribution in [3.63, 3.8) is 0 Å². The third-order valence-electron chi connectivity index (χ3n) is 2.35. The summed E-state index contributed by atoms with van der Waals surface area (Å²) in [5, 5.41) is 16.2. The van der Waals surface area contributed by atoms with Crippen LogP contribution in [-0.2, 0) is 13.1 Å². The summed E-state index contributed by atoms with van der Waals surface area (Å²) >= 11 is 1.71. The molecule has 0 aliphatic heterocycles. The van der Waals surface area contributed by atoms with Crippen molar-refractivity contribution in [2.75, 3.05) is 0 Å². The van der Waals surface area contributed by atoms with Crippen LogP contribution in [0.1, 0.15) is 22.6 Å². The number of thiophene rings is 1. The van der Waals surface area contributed by atoms with Crippen LogP contribution < -0.4 is 5.32 Å². The van der Waals surface area contributed by atoms with Crippen molar-refractivity contribution in [1.29, 1.82) is 5.26 Å². The zero-order chi connectivity index (χ0) is 11.4. The fraction of sp³-hybridized carbons (Fsp3) is 0.250. The second-order valence-corrected chi connectivity index (χ2v) is 4.30. The predicted octanol–water partition coefficient (Wildman–Crippen LogP) is 2.81. The van der Waals surface area contributed by atoms with E-state index < -0.39 is 0 Å². The van der Waals surface area contributed by atoms with Gasteiger partial charge in [0.15, 0.2) is 0 Å². The highest BCUT2D eigenvalue weighted by atomic mass is 32.1. The molecule has 1 N–H and O–H groups in total. The van der Waals surface area contributed by atoms with Crippen molar-refractivity contribution < 1.29 is 4.42 Å². The summed E-state index contributed by atoms with van der Waals surface area (Å²) in [6.07, 6.45) is 0. The molecule has 4 heteroatoms. The molecular formula is C12H12N2OS. The van der Waals surface area contributed by atoms with Gasteiger partial charge in [-0.05, 0) is 40.9 Å². The first kappa shape index (κ1) is 10.9. The summed E-state index contributed by atoms with van der Waals surface area (Å²) in [7, 11) is 0. The van der Waals surface area contributed by atoms with Crippen LogP contribution in [0.5, 0.6) is 0 Å². The molecule has 0 spiro atoms. The lowest BCUT2D eigenvalue weighted by atomic mass is 10.2. The van der Waals surface area contributed by atoms with Gasteiger partial charge in [-0.2, -0.15) is 16.6 Å². The Morgan fingerprint density at radius 2 is 2.25 bits per heavy atom. The zero-order valence-electron chi connectivity index (χ0n) is 8.99. The molecule has 2 heterocycles. The van der Waals surface area contributed by atoms with Gasteiger partial charge in [0.1, 0.15) is 11.8 Å². The molecule has 0 saturated carbocycles. The van der Waals surface area contributed by atoms with E-state index >= 15 is 0 Å². The van der Waals surface area contributed by atoms with Crippen LogP contribution in [0.2, 0.25) is 0 Å². The monoisotopic (exact) mass is 232 g/mol. The summed E-state index contributed by atoms with van der Waals surface area (Å²) in [6, 6.07) is 5.48. The molecule has 0 bridgehead atoms. The molecule has 0 aliphatic rings. The van der Waals surface area contributed by atoms with Gasteiger partial charge < -0.3 is 9.73 Å². The molecule has 3 nitrogen and oxygen atoms in total. The van der Waals surface area contributed by atoms with Crippen molar-refractivity contribution in [3.8, 4) is 6.07 Å². The van der Waals surface area contributed by atoms with E-state index in [1.807, 2.05) is 12.1 Å². The Balaban J connectivity index is 1.85. The van der Waals surface area contributed by atoms with E-state index in [0.717, 1.165) is 12.3 Å². The highest BCUT2D eigenvalue weighted by Crippen LogP contribution is 2.13. The van der Waals surface area contributed by atoms with Crippen molar-refractivity contribution in [2.24, 2.45) is 0 Å². The lowest BCUT2D eigenvalue weighted by molar-refractivity contribution is 0.474. The van der Waals surface area contributed by atoms with Crippen LogP contribution >= 0.6 is 11.3 Å². The average molecular weight is 232 g/mol. The van der Waals surface area contributed by atoms with Crippen molar-refractivity contribution >= 4 is 11.3 Å². The number of nitrogens with one attached hydrogen (secondary N) is 1. The first-order valence-electron chi connectivity index (χ1n) is 5.01. The SMILES string of the molecule is Cc1cscc1CNCc1ccc(C#N)o1. The van der Waals surface area contributed by atoms with Crippen LogP contribution in [0.15, 0.2) is 27.3 Å². The Labute approximate surface area is 98.3 Å². The Morgan fingerprint density at radius 1 is 1.38 bits per heavy atom. The van der Waals surface area contributed by atoms with Gasteiger partial charge in [0.05, 0.1) is 6.54 Å². The van der Waals surface area contributed by atoms with Gasteiger partial charge in [0.25, 0.3) is 0 Å². The quantitative estimate of drug-likeness (QED) is 0.881. The van der Waals surface area contributed by atoms with Gasteiger partial charge in [-0.3, -0.25) is 0 Å². The normalized spacial score (nSPS) is 10.2. The molecule has 0 radical (unpaired) electrons. The molecule has 0 aliphatic carbocycles. The molecule has 0 aromatic carbocycles. The van der Waals surface area contributed by atoms with Crippen LogP contribution in [0.25, 0.3) is 0 Å². The second kappa shape index (κ2) is 4.97. The van der Waals surface area contributed by atoms with Gasteiger partial charge >= 0.3 is 0 Å². The lowest BCUT2D eigenvalue weighted by Crippen LogP contribution is -2.12. The van der Waals surface area contributed by atoms with Gasteiger partial charge in [-0.25, -0.2) is 0 Å². The number of rotatable bonds is 4. The molecule has 2 aromatic rings. The maximum absolute atomic E-state index is 8.60. The summed E-state index contributed by atoms with van der Waals surface area (Å²) in [6.45, 7) is 3.59. The van der Waals surface area contributed by atoms with E-state index in [2.05, 4.69) is 23.0 Å². The standard InChI is InChI=1S/C12H12N2OS/c1-9-7-16-8-10(9)5-14-6-12-3-2-11(4-13)15-12/h2-3,7-8,14H,5-6H2,1H3. The summed E-state index contributed by atoms with van der Waals surface area (Å²) in [5.41, 5.74) is 2.63. The summed E-state index contributed by atoms with van der Waals surface area (Å²) in [5.74, 6) is 1.16. The fourth-order valence-electron chi connectivity index (χ4n) is 1.42. The maximum atomic E-state index is 8.60. The minimum absolute atomic E-state index is 0.364. The molecule has 2 rings (SSSR count). The Kier molecular flexibility index (Phi) is 3.40. The molecule has 0 amide bonds. The fourth-order valence-corrected chi connectivity index (χ4v) is 2.28. The van der Waals surface area contributed by atoms with E-state index in [1.54, 1.807) is 17.4 Å². The van der Waals surface area contributed by atoms with E-state index in [1.165, 1.54) is 11.1 Å². The van der Waals surface area contributed by atoms with Crippen LogP contribution in [-0.4, -0.2) is 0 Å². The van der Waals surface area contributed by atoms with E-state index in [0.29, 0.717) is 12.3 Å². The number of hydrogen-bond donors (Lipinski definition) is 1. The Morgan fingerprint density at radius 3 is 2.88 bits per heavy atom. The molecule has 2 aromatic heterocycles. The molecule has 0 unspecified atom stereocenters. The summed E-state index contributed by atoms with van der Waals surface area (Å²) in [4.78, 5) is 0. The Hall–Kier alpha value is -1.57. The summed E-state index contributed by atoms with van der Waals surface area (Å²) < 4.78 is 5.26. The molecule has 0 fully saturated rings. The lowest BCUT2D eigenvalue weighted by Gasteiger charge is -2.01. The third kappa shape index (κ3) is 2.51. The van der Waals surface area contributed by atoms with Gasteiger partial charge in [-0.1, -0.05) is 0 Å². The highest BCUT2D eigenvalue weighted by molar-refractivity contribution is 7.08. The minimum atomic E-state index is 0.364. The third-order valence-corrected chi connectivity index (χ3v) is 3.26. The van der Waals surface area contributed by atoms with Gasteiger partial charge in [-0.15, -0.1) is 0 Å². The number of furan rings is 1. The van der Waals surface area contributed by atoms with Crippen LogP contribution in [0, 0.1) is 18.3 Å². The van der Waals surface area contributed by atoms with Crippen LogP contribution in [0.4, 0.5) is 0 Å². The number of hydrogen-bond acceptors (Lipinski definition) is 4. The number of nitriles is 1. The zero-order valence-corrected chi connectivity index (χ0v) is 9.80. The van der Waals surface area contributed by atoms with E-state index in [9.17, 15) is 0 Å². The predicted molar refractivity (Wildman–Crippen MR) is 63.0 cm³/mol. The van der Waals surface area contributed by atoms with Gasteiger partial charge in [0.2, 0.25) is 5.76 Å². The first-order valence-corrected chi connectivity index (χ1v) is 5.95. The second-order valence-electron chi connectivity index (χ2n) is 3.56. The average Bonchev–Trinajstić information content (AvgIpc) is 2.89. The van der Waals surface area contributed by atoms with Crippen molar-refractivity contribution in [1.82, 2.24) is 5.32 Å². The molecule has 16 heavy (non-hydrogen) atoms. The molecule has 0 saturated heterocycles. The topological polar surface area (TPSA) is 49.0 Å². The highest BCUT2D eigenvalue weighted by Gasteiger charge is 2.02. The van der Waals surface area contributed by atoms with Crippen molar-refractivity contribution in [3.05, 3.63) is 45.5 Å². The minimum Gasteiger partial charge on any atom is -0.449 e. The van der Waals surface area contributed by atoms with Crippen molar-refractivity contribution in [2.45, 2.75) is 20.0 Å². The van der Waals surface area contributed by atoms with E-state index in [4.69, 9.17) is 9.68 Å². The largest absolute Gasteiger partial charge is 0.449 e. The molecule has 0 atom stereocenters. The molecule has 82 valence electrons. The van der Waals surface area contributed by atoms with Gasteiger partial charge in [0, 0.05) is 6.54 Å². The smallest absolute Gasteiger partial charge is 0.203 e. The first-order chi connectivity index (χ1) is 7.79. The van der Waals surface area contributed by atoms with E-state index in [-0.39, 0.29) is 0 Å². The maximum Gasteiger partial charge on any atom is 0.203 e. The number of nitrogens with zero attached hydrogens (tertiary/aromatic N) is 1. The number of aryl methyl sites for hydroxylation is 1. The Bertz CT molecular complexity index is 507.